The lowest BCUT2D eigenvalue weighted by molar-refractivity contribution is -0.383. The van der Waals surface area contributed by atoms with Gasteiger partial charge in [-0.15, -0.1) is 0 Å². The van der Waals surface area contributed by atoms with Crippen molar-refractivity contribution in [2.24, 2.45) is 5.41 Å². The quantitative estimate of drug-likeness (QED) is 0.663. The van der Waals surface area contributed by atoms with Gasteiger partial charge in [0.25, 0.3) is 5.69 Å². The normalized spacial score (nSPS) is 22.3. The molecule has 1 unspecified atom stereocenters. The van der Waals surface area contributed by atoms with E-state index in [0.717, 1.165) is 19.4 Å². The van der Waals surface area contributed by atoms with Crippen LogP contribution in [0.15, 0.2) is 18.2 Å². The van der Waals surface area contributed by atoms with Crippen molar-refractivity contribution in [3.63, 3.8) is 0 Å². The number of nitrogens with zero attached hydrogens (tertiary/aromatic N) is 1. The third kappa shape index (κ3) is 3.08. The number of nitrogens with one attached hydrogen (secondary N) is 2. The second-order valence-corrected chi connectivity index (χ2v) is 5.65. The summed E-state index contributed by atoms with van der Waals surface area (Å²) < 4.78 is 0. The molecule has 0 spiro atoms. The van der Waals surface area contributed by atoms with Crippen LogP contribution in [-0.2, 0) is 4.79 Å². The van der Waals surface area contributed by atoms with E-state index in [-0.39, 0.29) is 17.3 Å². The van der Waals surface area contributed by atoms with Gasteiger partial charge in [-0.25, -0.2) is 0 Å². The number of piperidine rings is 1. The number of hydrogen-bond donors (Lipinski definition) is 2. The smallest absolute Gasteiger partial charge is 0.292 e. The molecular formula is C13H16ClN3O3. The number of benzene rings is 1. The van der Waals surface area contributed by atoms with Crippen molar-refractivity contribution >= 4 is 28.9 Å². The van der Waals surface area contributed by atoms with E-state index in [1.807, 2.05) is 6.92 Å². The van der Waals surface area contributed by atoms with Gasteiger partial charge in [-0.05, 0) is 38.4 Å². The van der Waals surface area contributed by atoms with Crippen LogP contribution in [0, 0.1) is 15.5 Å². The summed E-state index contributed by atoms with van der Waals surface area (Å²) in [5.74, 6) is -0.227. The number of rotatable bonds is 3. The molecule has 1 heterocycles. The Kier molecular flexibility index (Phi) is 4.25. The first-order valence-electron chi connectivity index (χ1n) is 6.38. The molecule has 0 bridgehead atoms. The highest BCUT2D eigenvalue weighted by molar-refractivity contribution is 6.31. The lowest BCUT2D eigenvalue weighted by atomic mass is 9.82. The molecule has 2 N–H and O–H groups in total. The molecule has 1 saturated heterocycles. The van der Waals surface area contributed by atoms with Crippen LogP contribution in [-0.4, -0.2) is 23.9 Å². The van der Waals surface area contributed by atoms with E-state index in [0.29, 0.717) is 11.6 Å². The molecule has 0 saturated carbocycles. The van der Waals surface area contributed by atoms with Crippen molar-refractivity contribution < 1.29 is 9.72 Å². The van der Waals surface area contributed by atoms with Gasteiger partial charge >= 0.3 is 0 Å². The molecule has 1 aliphatic rings. The highest BCUT2D eigenvalue weighted by Gasteiger charge is 2.35. The first-order valence-corrected chi connectivity index (χ1v) is 6.76. The van der Waals surface area contributed by atoms with Gasteiger partial charge in [0.1, 0.15) is 5.69 Å². The summed E-state index contributed by atoms with van der Waals surface area (Å²) in [5, 5.41) is 17.1. The van der Waals surface area contributed by atoms with Crippen molar-refractivity contribution in [1.82, 2.24) is 5.32 Å². The van der Waals surface area contributed by atoms with E-state index in [9.17, 15) is 14.9 Å². The van der Waals surface area contributed by atoms with E-state index in [1.165, 1.54) is 18.2 Å². The fourth-order valence-electron chi connectivity index (χ4n) is 2.29. The molecule has 108 valence electrons. The standard InChI is InChI=1S/C13H16ClN3O3/c1-13(5-2-6-15-8-13)12(18)16-10-7-9(14)3-4-11(10)17(19)20/h3-4,7,15H,2,5-6,8H2,1H3,(H,16,18). The Hall–Kier alpha value is -1.66. The number of anilines is 1. The van der Waals surface area contributed by atoms with Gasteiger partial charge in [-0.1, -0.05) is 11.6 Å². The molecule has 0 radical (unpaired) electrons. The molecule has 1 amide bonds. The summed E-state index contributed by atoms with van der Waals surface area (Å²) in [4.78, 5) is 22.8. The van der Waals surface area contributed by atoms with E-state index in [1.54, 1.807) is 0 Å². The molecule has 2 rings (SSSR count). The molecule has 1 aromatic rings. The Labute approximate surface area is 121 Å². The average molecular weight is 298 g/mol. The maximum atomic E-state index is 12.4. The van der Waals surface area contributed by atoms with E-state index in [4.69, 9.17) is 11.6 Å². The third-order valence-corrected chi connectivity index (χ3v) is 3.78. The molecule has 0 aliphatic carbocycles. The molecule has 1 aromatic carbocycles. The fourth-order valence-corrected chi connectivity index (χ4v) is 2.46. The Bertz CT molecular complexity index is 542. The van der Waals surface area contributed by atoms with Crippen molar-refractivity contribution in [3.8, 4) is 0 Å². The van der Waals surface area contributed by atoms with Gasteiger partial charge in [-0.2, -0.15) is 0 Å². The predicted molar refractivity (Wildman–Crippen MR) is 76.9 cm³/mol. The zero-order valence-corrected chi connectivity index (χ0v) is 11.9. The van der Waals surface area contributed by atoms with Crippen molar-refractivity contribution in [2.45, 2.75) is 19.8 Å². The number of amides is 1. The zero-order chi connectivity index (χ0) is 14.8. The van der Waals surface area contributed by atoms with E-state index >= 15 is 0 Å². The van der Waals surface area contributed by atoms with Gasteiger partial charge in [0.05, 0.1) is 10.3 Å². The number of nitro benzene ring substituents is 1. The minimum atomic E-state index is -0.561. The van der Waals surface area contributed by atoms with Crippen molar-refractivity contribution in [1.29, 1.82) is 0 Å². The van der Waals surface area contributed by atoms with E-state index < -0.39 is 10.3 Å². The van der Waals surface area contributed by atoms with E-state index in [2.05, 4.69) is 10.6 Å². The molecule has 6 nitrogen and oxygen atoms in total. The molecule has 1 atom stereocenters. The Morgan fingerprint density at radius 3 is 2.90 bits per heavy atom. The summed E-state index contributed by atoms with van der Waals surface area (Å²) in [6, 6.07) is 4.12. The number of nitro groups is 1. The van der Waals surface area contributed by atoms with Gasteiger partial charge < -0.3 is 10.6 Å². The van der Waals surface area contributed by atoms with Crippen LogP contribution >= 0.6 is 11.6 Å². The number of carbonyl (C=O) groups is 1. The topological polar surface area (TPSA) is 84.3 Å². The largest absolute Gasteiger partial charge is 0.320 e. The van der Waals surface area contributed by atoms with Crippen LogP contribution in [0.25, 0.3) is 0 Å². The second-order valence-electron chi connectivity index (χ2n) is 5.21. The minimum Gasteiger partial charge on any atom is -0.320 e. The SMILES string of the molecule is CC1(C(=O)Nc2cc(Cl)ccc2[N+](=O)[O-])CCCNC1. The summed E-state index contributed by atoms with van der Waals surface area (Å²) in [6.07, 6.45) is 1.65. The van der Waals surface area contributed by atoms with Crippen LogP contribution < -0.4 is 10.6 Å². The van der Waals surface area contributed by atoms with Crippen LogP contribution in [0.1, 0.15) is 19.8 Å². The summed E-state index contributed by atoms with van der Waals surface area (Å²) in [5.41, 5.74) is -0.580. The molecule has 0 aromatic heterocycles. The zero-order valence-electron chi connectivity index (χ0n) is 11.1. The third-order valence-electron chi connectivity index (χ3n) is 3.55. The number of hydrogen-bond acceptors (Lipinski definition) is 4. The highest BCUT2D eigenvalue weighted by Crippen LogP contribution is 2.31. The van der Waals surface area contributed by atoms with Crippen LogP contribution in [0.4, 0.5) is 11.4 Å². The minimum absolute atomic E-state index is 0.138. The molecule has 7 heteroatoms. The van der Waals surface area contributed by atoms with Gasteiger partial charge in [0, 0.05) is 17.6 Å². The van der Waals surface area contributed by atoms with Gasteiger partial charge in [0.15, 0.2) is 0 Å². The van der Waals surface area contributed by atoms with Crippen LogP contribution in [0.3, 0.4) is 0 Å². The van der Waals surface area contributed by atoms with Crippen molar-refractivity contribution in [3.05, 3.63) is 33.3 Å². The Balaban J connectivity index is 2.23. The summed E-state index contributed by atoms with van der Waals surface area (Å²) in [7, 11) is 0. The Morgan fingerprint density at radius 1 is 1.55 bits per heavy atom. The van der Waals surface area contributed by atoms with Crippen LogP contribution in [0.2, 0.25) is 5.02 Å². The molecular weight excluding hydrogens is 282 g/mol. The first kappa shape index (κ1) is 14.7. The summed E-state index contributed by atoms with van der Waals surface area (Å²) in [6.45, 7) is 3.30. The van der Waals surface area contributed by atoms with Gasteiger partial charge in [0.2, 0.25) is 5.91 Å². The fraction of sp³-hybridized carbons (Fsp3) is 0.462. The lowest BCUT2D eigenvalue weighted by Gasteiger charge is -2.32. The van der Waals surface area contributed by atoms with Crippen molar-refractivity contribution in [2.75, 3.05) is 18.4 Å². The summed E-state index contributed by atoms with van der Waals surface area (Å²) >= 11 is 5.84. The highest BCUT2D eigenvalue weighted by atomic mass is 35.5. The lowest BCUT2D eigenvalue weighted by Crippen LogP contribution is -2.46. The maximum Gasteiger partial charge on any atom is 0.292 e. The maximum absolute atomic E-state index is 12.4. The van der Waals surface area contributed by atoms with Gasteiger partial charge in [-0.3, -0.25) is 14.9 Å². The molecule has 1 aliphatic heterocycles. The number of halogens is 1. The Morgan fingerprint density at radius 2 is 2.30 bits per heavy atom. The monoisotopic (exact) mass is 297 g/mol. The first-order chi connectivity index (χ1) is 9.42. The average Bonchev–Trinajstić information content (AvgIpc) is 2.39. The molecule has 20 heavy (non-hydrogen) atoms. The van der Waals surface area contributed by atoms with Crippen LogP contribution in [0.5, 0.6) is 0 Å². The second kappa shape index (κ2) is 5.76. The molecule has 1 fully saturated rings. The number of carbonyl (C=O) groups excluding carboxylic acids is 1. The predicted octanol–water partition coefficient (Wildman–Crippen LogP) is 2.58.